The molecule has 76 valence electrons. The van der Waals surface area contributed by atoms with Crippen molar-refractivity contribution in [2.24, 2.45) is 10.7 Å². The maximum absolute atomic E-state index is 11.9. The van der Waals surface area contributed by atoms with Crippen LogP contribution in [0.2, 0.25) is 0 Å². The summed E-state index contributed by atoms with van der Waals surface area (Å²) in [7, 11) is 0. The first-order valence-electron chi connectivity index (χ1n) is 3.56. The molecule has 0 saturated carbocycles. The molecule has 0 aromatic heterocycles. The van der Waals surface area contributed by atoms with Crippen LogP contribution < -0.4 is 5.73 Å². The Morgan fingerprint density at radius 2 is 1.71 bits per heavy atom. The van der Waals surface area contributed by atoms with Crippen LogP contribution in [0.1, 0.15) is 0 Å². The van der Waals surface area contributed by atoms with E-state index in [9.17, 15) is 13.2 Å². The van der Waals surface area contributed by atoms with Crippen molar-refractivity contribution in [1.82, 2.24) is 0 Å². The van der Waals surface area contributed by atoms with Crippen molar-refractivity contribution >= 4 is 27.5 Å². The van der Waals surface area contributed by atoms with E-state index in [0.717, 1.165) is 4.47 Å². The van der Waals surface area contributed by atoms with E-state index in [4.69, 9.17) is 5.73 Å². The lowest BCUT2D eigenvalue weighted by Gasteiger charge is -2.04. The maximum atomic E-state index is 11.9. The summed E-state index contributed by atoms with van der Waals surface area (Å²) in [5, 5.41) is 0. The Morgan fingerprint density at radius 3 is 2.14 bits per heavy atom. The standard InChI is InChI=1S/C8H6BrF3N2/c9-5-1-3-6(4-2-5)14-7(13)8(10,11)12/h1-4H,(H2,13,14). The van der Waals surface area contributed by atoms with Gasteiger partial charge in [-0.2, -0.15) is 13.2 Å². The molecule has 0 spiro atoms. The molecule has 14 heavy (non-hydrogen) atoms. The minimum atomic E-state index is -4.58. The van der Waals surface area contributed by atoms with E-state index >= 15 is 0 Å². The number of nitrogens with two attached hydrogens (primary N) is 1. The van der Waals surface area contributed by atoms with Crippen LogP contribution in [0.3, 0.4) is 0 Å². The number of hydrogen-bond acceptors (Lipinski definition) is 1. The lowest BCUT2D eigenvalue weighted by molar-refractivity contribution is -0.0597. The first-order chi connectivity index (χ1) is 6.39. The van der Waals surface area contributed by atoms with E-state index in [2.05, 4.69) is 20.9 Å². The van der Waals surface area contributed by atoms with E-state index in [0.29, 0.717) is 0 Å². The Morgan fingerprint density at radius 1 is 1.21 bits per heavy atom. The minimum absolute atomic E-state index is 0.169. The van der Waals surface area contributed by atoms with Gasteiger partial charge < -0.3 is 5.73 Å². The summed E-state index contributed by atoms with van der Waals surface area (Å²) in [6.45, 7) is 0. The molecular formula is C8H6BrF3N2. The summed E-state index contributed by atoms with van der Waals surface area (Å²) >= 11 is 3.15. The Hall–Kier alpha value is -1.04. The highest BCUT2D eigenvalue weighted by atomic mass is 79.9. The number of benzene rings is 1. The van der Waals surface area contributed by atoms with Gasteiger partial charge in [0.1, 0.15) is 0 Å². The Kier molecular flexibility index (Phi) is 3.15. The molecule has 0 aliphatic rings. The van der Waals surface area contributed by atoms with Crippen molar-refractivity contribution < 1.29 is 13.2 Å². The van der Waals surface area contributed by atoms with Gasteiger partial charge in [0, 0.05) is 4.47 Å². The van der Waals surface area contributed by atoms with E-state index in [1.54, 1.807) is 12.1 Å². The van der Waals surface area contributed by atoms with Crippen LogP contribution in [0.4, 0.5) is 18.9 Å². The van der Waals surface area contributed by atoms with Crippen LogP contribution in [0.25, 0.3) is 0 Å². The van der Waals surface area contributed by atoms with Crippen molar-refractivity contribution in [3.8, 4) is 0 Å². The monoisotopic (exact) mass is 266 g/mol. The summed E-state index contributed by atoms with van der Waals surface area (Å²) in [5.41, 5.74) is 4.90. The summed E-state index contributed by atoms with van der Waals surface area (Å²) in [5.74, 6) is -1.35. The molecule has 6 heteroatoms. The SMILES string of the molecule is NC(=Nc1ccc(Br)cc1)C(F)(F)F. The summed E-state index contributed by atoms with van der Waals surface area (Å²) in [6.07, 6.45) is -4.58. The van der Waals surface area contributed by atoms with Gasteiger partial charge in [-0.25, -0.2) is 4.99 Å². The lowest BCUT2D eigenvalue weighted by atomic mass is 10.3. The Balaban J connectivity index is 2.93. The smallest absolute Gasteiger partial charge is 0.380 e. The molecule has 0 bridgehead atoms. The summed E-state index contributed by atoms with van der Waals surface area (Å²) in [4.78, 5) is 3.22. The molecule has 0 radical (unpaired) electrons. The summed E-state index contributed by atoms with van der Waals surface area (Å²) in [6, 6.07) is 6.04. The fourth-order valence-corrected chi connectivity index (χ4v) is 0.982. The molecule has 0 atom stereocenters. The topological polar surface area (TPSA) is 38.4 Å². The molecule has 1 rings (SSSR count). The highest BCUT2D eigenvalue weighted by molar-refractivity contribution is 9.10. The molecule has 0 saturated heterocycles. The predicted molar refractivity (Wildman–Crippen MR) is 51.5 cm³/mol. The minimum Gasteiger partial charge on any atom is -0.380 e. The van der Waals surface area contributed by atoms with Crippen LogP contribution in [-0.2, 0) is 0 Å². The second-order valence-corrected chi connectivity index (χ2v) is 3.39. The zero-order valence-corrected chi connectivity index (χ0v) is 8.43. The van der Waals surface area contributed by atoms with Gasteiger partial charge in [0.05, 0.1) is 5.69 Å². The third kappa shape index (κ3) is 3.02. The molecule has 0 heterocycles. The normalized spacial score (nSPS) is 13.0. The number of rotatable bonds is 1. The molecule has 2 N–H and O–H groups in total. The largest absolute Gasteiger partial charge is 0.448 e. The van der Waals surface area contributed by atoms with Crippen molar-refractivity contribution in [3.05, 3.63) is 28.7 Å². The maximum Gasteiger partial charge on any atom is 0.448 e. The molecule has 0 amide bonds. The van der Waals surface area contributed by atoms with Crippen molar-refractivity contribution in [2.75, 3.05) is 0 Å². The van der Waals surface area contributed by atoms with Gasteiger partial charge in [-0.15, -0.1) is 0 Å². The number of nitrogens with zero attached hydrogens (tertiary/aromatic N) is 1. The van der Waals surface area contributed by atoms with Gasteiger partial charge in [-0.05, 0) is 24.3 Å². The highest BCUT2D eigenvalue weighted by Crippen LogP contribution is 2.20. The van der Waals surface area contributed by atoms with Crippen LogP contribution in [0, 0.1) is 0 Å². The highest BCUT2D eigenvalue weighted by Gasteiger charge is 2.33. The number of hydrogen-bond donors (Lipinski definition) is 1. The average Bonchev–Trinajstić information content (AvgIpc) is 2.07. The van der Waals surface area contributed by atoms with Gasteiger partial charge in [-0.1, -0.05) is 15.9 Å². The van der Waals surface area contributed by atoms with E-state index in [1.165, 1.54) is 12.1 Å². The third-order valence-electron chi connectivity index (χ3n) is 1.37. The molecular weight excluding hydrogens is 261 g/mol. The number of alkyl halides is 3. The molecule has 0 aliphatic heterocycles. The predicted octanol–water partition coefficient (Wildman–Crippen LogP) is 3.00. The first-order valence-corrected chi connectivity index (χ1v) is 4.36. The van der Waals surface area contributed by atoms with Crippen molar-refractivity contribution in [1.29, 1.82) is 0 Å². The fraction of sp³-hybridized carbons (Fsp3) is 0.125. The molecule has 1 aromatic rings. The van der Waals surface area contributed by atoms with E-state index in [-0.39, 0.29) is 5.69 Å². The van der Waals surface area contributed by atoms with Crippen LogP contribution in [-0.4, -0.2) is 12.0 Å². The second kappa shape index (κ2) is 4.00. The first kappa shape index (κ1) is 11.0. The zero-order valence-electron chi connectivity index (χ0n) is 6.85. The Labute approximate surface area is 86.8 Å². The molecule has 2 nitrogen and oxygen atoms in total. The average molecular weight is 267 g/mol. The van der Waals surface area contributed by atoms with E-state index in [1.807, 2.05) is 0 Å². The van der Waals surface area contributed by atoms with Gasteiger partial charge in [0.2, 0.25) is 5.84 Å². The fourth-order valence-electron chi connectivity index (χ4n) is 0.718. The van der Waals surface area contributed by atoms with Crippen molar-refractivity contribution in [3.63, 3.8) is 0 Å². The summed E-state index contributed by atoms with van der Waals surface area (Å²) < 4.78 is 36.6. The third-order valence-corrected chi connectivity index (χ3v) is 1.90. The van der Waals surface area contributed by atoms with Crippen LogP contribution in [0.5, 0.6) is 0 Å². The number of amidine groups is 1. The van der Waals surface area contributed by atoms with Gasteiger partial charge >= 0.3 is 6.18 Å². The van der Waals surface area contributed by atoms with Gasteiger partial charge in [0.25, 0.3) is 0 Å². The quantitative estimate of drug-likeness (QED) is 0.616. The molecule has 0 aliphatic carbocycles. The van der Waals surface area contributed by atoms with E-state index < -0.39 is 12.0 Å². The van der Waals surface area contributed by atoms with Crippen LogP contribution >= 0.6 is 15.9 Å². The molecule has 0 unspecified atom stereocenters. The Bertz CT molecular complexity index is 343. The van der Waals surface area contributed by atoms with Crippen LogP contribution in [0.15, 0.2) is 33.7 Å². The molecule has 0 fully saturated rings. The zero-order chi connectivity index (χ0) is 10.8. The number of aliphatic imine (C=N–C) groups is 1. The van der Waals surface area contributed by atoms with Crippen molar-refractivity contribution in [2.45, 2.75) is 6.18 Å². The molecule has 1 aromatic carbocycles. The number of halogens is 4. The second-order valence-electron chi connectivity index (χ2n) is 2.47. The van der Waals surface area contributed by atoms with Gasteiger partial charge in [-0.3, -0.25) is 0 Å². The van der Waals surface area contributed by atoms with Gasteiger partial charge in [0.15, 0.2) is 0 Å². The lowest BCUT2D eigenvalue weighted by Crippen LogP contribution is -2.30.